The van der Waals surface area contributed by atoms with E-state index in [1.54, 1.807) is 6.07 Å². The number of para-hydroxylation sites is 1. The highest BCUT2D eigenvalue weighted by molar-refractivity contribution is 6.31. The summed E-state index contributed by atoms with van der Waals surface area (Å²) >= 11 is 6.10. The smallest absolute Gasteiger partial charge is 0.167 e. The number of hydrogen-bond acceptors (Lipinski definition) is 2. The van der Waals surface area contributed by atoms with E-state index in [0.29, 0.717) is 11.6 Å². The molecule has 0 radical (unpaired) electrons. The van der Waals surface area contributed by atoms with Crippen LogP contribution in [0.3, 0.4) is 0 Å². The Balaban J connectivity index is 1.82. The van der Waals surface area contributed by atoms with Crippen molar-refractivity contribution in [3.8, 4) is 5.69 Å². The molecule has 1 aliphatic carbocycles. The van der Waals surface area contributed by atoms with Crippen molar-refractivity contribution >= 4 is 22.6 Å². The molecular weight excluding hydrogens is 301 g/mol. The first-order valence-electron chi connectivity index (χ1n) is 7.51. The summed E-state index contributed by atoms with van der Waals surface area (Å²) in [4.78, 5) is 0. The minimum absolute atomic E-state index is 0.145. The Morgan fingerprint density at radius 1 is 1.23 bits per heavy atom. The maximum atomic E-state index is 14.5. The average Bonchev–Trinajstić information content (AvgIpc) is 2.90. The lowest BCUT2D eigenvalue weighted by molar-refractivity contribution is 0.314. The molecule has 5 heteroatoms. The van der Waals surface area contributed by atoms with Gasteiger partial charge in [-0.2, -0.15) is 0 Å². The topological polar surface area (TPSA) is 30.7 Å². The molecule has 1 aliphatic rings. The Morgan fingerprint density at radius 2 is 2.05 bits per heavy atom. The number of aromatic nitrogens is 3. The molecule has 0 N–H and O–H groups in total. The van der Waals surface area contributed by atoms with Crippen LogP contribution in [0.25, 0.3) is 16.7 Å². The van der Waals surface area contributed by atoms with Crippen molar-refractivity contribution in [1.82, 2.24) is 15.0 Å². The molecule has 1 fully saturated rings. The summed E-state index contributed by atoms with van der Waals surface area (Å²) < 4.78 is 16.0. The van der Waals surface area contributed by atoms with E-state index in [0.717, 1.165) is 23.0 Å². The molecule has 0 aliphatic heterocycles. The first-order valence-corrected chi connectivity index (χ1v) is 7.89. The van der Waals surface area contributed by atoms with E-state index in [-0.39, 0.29) is 5.02 Å². The predicted molar refractivity (Wildman–Crippen MR) is 84.9 cm³/mol. The fourth-order valence-corrected chi connectivity index (χ4v) is 3.22. The molecule has 1 saturated carbocycles. The second-order valence-corrected chi connectivity index (χ2v) is 6.31. The normalized spacial score (nSPS) is 15.2. The summed E-state index contributed by atoms with van der Waals surface area (Å²) in [5, 5.41) is 8.32. The molecule has 22 heavy (non-hydrogen) atoms. The van der Waals surface area contributed by atoms with Crippen LogP contribution in [0.5, 0.6) is 0 Å². The molecule has 0 spiro atoms. The lowest BCUT2D eigenvalue weighted by Gasteiger charge is -2.25. The number of fused-ring (bicyclic) bond motifs is 1. The van der Waals surface area contributed by atoms with Gasteiger partial charge in [0.05, 0.1) is 10.5 Å². The van der Waals surface area contributed by atoms with Gasteiger partial charge in [0.2, 0.25) is 0 Å². The van der Waals surface area contributed by atoms with Crippen LogP contribution in [0.2, 0.25) is 5.02 Å². The highest BCUT2D eigenvalue weighted by atomic mass is 35.5. The Bertz CT molecular complexity index is 839. The molecule has 0 unspecified atom stereocenters. The van der Waals surface area contributed by atoms with E-state index in [2.05, 4.69) is 10.3 Å². The van der Waals surface area contributed by atoms with E-state index in [1.807, 2.05) is 30.3 Å². The van der Waals surface area contributed by atoms with E-state index in [4.69, 9.17) is 11.6 Å². The van der Waals surface area contributed by atoms with Crippen molar-refractivity contribution in [3.05, 3.63) is 52.8 Å². The number of benzene rings is 2. The summed E-state index contributed by atoms with van der Waals surface area (Å²) in [6.07, 6.45) is 4.73. The maximum Gasteiger partial charge on any atom is 0.167 e. The fraction of sp³-hybridized carbons (Fsp3) is 0.294. The van der Waals surface area contributed by atoms with Crippen LogP contribution >= 0.6 is 11.6 Å². The van der Waals surface area contributed by atoms with Crippen molar-refractivity contribution in [2.75, 3.05) is 0 Å². The van der Waals surface area contributed by atoms with Gasteiger partial charge in [-0.25, -0.2) is 9.07 Å². The van der Waals surface area contributed by atoms with Gasteiger partial charge in [0, 0.05) is 0 Å². The number of nitrogens with zero attached hydrogens (tertiary/aromatic N) is 3. The number of hydrogen-bond donors (Lipinski definition) is 0. The Kier molecular flexibility index (Phi) is 3.34. The summed E-state index contributed by atoms with van der Waals surface area (Å²) in [6.45, 7) is 0. The van der Waals surface area contributed by atoms with Crippen molar-refractivity contribution in [2.45, 2.75) is 25.7 Å². The van der Waals surface area contributed by atoms with Gasteiger partial charge in [-0.15, -0.1) is 5.10 Å². The number of rotatable bonds is 3. The lowest BCUT2D eigenvalue weighted by Crippen LogP contribution is -2.14. The van der Waals surface area contributed by atoms with Crippen LogP contribution < -0.4 is 0 Å². The van der Waals surface area contributed by atoms with E-state index < -0.39 is 5.82 Å². The standard InChI is InChI=1S/C17H15ClFN3/c18-13-9-12(8-11-4-3-5-11)10-16(17(13)19)22-15-7-2-1-6-14(15)20-21-22/h1-2,6-7,9-11H,3-5,8H2. The third-order valence-corrected chi connectivity index (χ3v) is 4.67. The van der Waals surface area contributed by atoms with E-state index in [9.17, 15) is 4.39 Å². The summed E-state index contributed by atoms with van der Waals surface area (Å²) in [6, 6.07) is 11.1. The summed E-state index contributed by atoms with van der Waals surface area (Å²) in [5.41, 5.74) is 2.95. The molecule has 4 rings (SSSR count). The molecule has 0 saturated heterocycles. The highest BCUT2D eigenvalue weighted by Gasteiger charge is 2.20. The summed E-state index contributed by atoms with van der Waals surface area (Å²) in [7, 11) is 0. The highest BCUT2D eigenvalue weighted by Crippen LogP contribution is 2.32. The van der Waals surface area contributed by atoms with E-state index in [1.165, 1.54) is 23.9 Å². The monoisotopic (exact) mass is 315 g/mol. The molecule has 3 aromatic rings. The maximum absolute atomic E-state index is 14.5. The molecule has 0 atom stereocenters. The zero-order valence-corrected chi connectivity index (χ0v) is 12.7. The van der Waals surface area contributed by atoms with Gasteiger partial charge in [0.15, 0.2) is 5.82 Å². The molecule has 1 heterocycles. The fourth-order valence-electron chi connectivity index (χ4n) is 2.98. The molecule has 0 bridgehead atoms. The van der Waals surface area contributed by atoms with Gasteiger partial charge >= 0.3 is 0 Å². The average molecular weight is 316 g/mol. The zero-order valence-electron chi connectivity index (χ0n) is 12.0. The lowest BCUT2D eigenvalue weighted by atomic mass is 9.81. The second kappa shape index (κ2) is 5.36. The van der Waals surface area contributed by atoms with Crippen molar-refractivity contribution < 1.29 is 4.39 Å². The molecule has 2 aromatic carbocycles. The second-order valence-electron chi connectivity index (χ2n) is 5.90. The van der Waals surface area contributed by atoms with Crippen LogP contribution in [-0.2, 0) is 6.42 Å². The molecular formula is C17H15ClFN3. The minimum atomic E-state index is -0.449. The number of halogens is 2. The van der Waals surface area contributed by atoms with Crippen LogP contribution in [0.4, 0.5) is 4.39 Å². The van der Waals surface area contributed by atoms with Gasteiger partial charge in [-0.3, -0.25) is 0 Å². The van der Waals surface area contributed by atoms with Gasteiger partial charge in [-0.1, -0.05) is 48.2 Å². The third kappa shape index (κ3) is 2.28. The van der Waals surface area contributed by atoms with Gasteiger partial charge in [0.25, 0.3) is 0 Å². The van der Waals surface area contributed by atoms with Crippen LogP contribution in [0.1, 0.15) is 24.8 Å². The van der Waals surface area contributed by atoms with Crippen LogP contribution in [-0.4, -0.2) is 15.0 Å². The van der Waals surface area contributed by atoms with Crippen molar-refractivity contribution in [2.24, 2.45) is 5.92 Å². The van der Waals surface area contributed by atoms with Crippen molar-refractivity contribution in [3.63, 3.8) is 0 Å². The first kappa shape index (κ1) is 13.7. The van der Waals surface area contributed by atoms with Gasteiger partial charge in [-0.05, 0) is 42.2 Å². The SMILES string of the molecule is Fc1c(Cl)cc(CC2CCC2)cc1-n1nnc2ccccc21. The quantitative estimate of drug-likeness (QED) is 0.709. The first-order chi connectivity index (χ1) is 10.7. The molecule has 3 nitrogen and oxygen atoms in total. The third-order valence-electron chi connectivity index (χ3n) is 4.40. The minimum Gasteiger partial charge on any atom is -0.210 e. The Labute approximate surface area is 132 Å². The zero-order chi connectivity index (χ0) is 15.1. The molecule has 112 valence electrons. The Morgan fingerprint density at radius 3 is 2.82 bits per heavy atom. The predicted octanol–water partition coefficient (Wildman–Crippen LogP) is 4.56. The van der Waals surface area contributed by atoms with E-state index >= 15 is 0 Å². The van der Waals surface area contributed by atoms with Crippen LogP contribution in [0, 0.1) is 11.7 Å². The van der Waals surface area contributed by atoms with Crippen molar-refractivity contribution in [1.29, 1.82) is 0 Å². The molecule has 1 aromatic heterocycles. The molecule has 0 amide bonds. The Hall–Kier alpha value is -1.94. The largest absolute Gasteiger partial charge is 0.210 e. The van der Waals surface area contributed by atoms with Gasteiger partial charge < -0.3 is 0 Å². The van der Waals surface area contributed by atoms with Gasteiger partial charge in [0.1, 0.15) is 11.2 Å². The van der Waals surface area contributed by atoms with Crippen LogP contribution in [0.15, 0.2) is 36.4 Å². The summed E-state index contributed by atoms with van der Waals surface area (Å²) in [5.74, 6) is 0.247.